The maximum atomic E-state index is 13.3. The van der Waals surface area contributed by atoms with E-state index in [-0.39, 0.29) is 23.6 Å². The monoisotopic (exact) mass is 441 g/mol. The summed E-state index contributed by atoms with van der Waals surface area (Å²) in [6, 6.07) is 8.37. The Morgan fingerprint density at radius 2 is 1.23 bits per heavy atom. The number of halogens is 6. The molecule has 8 heteroatoms. The molecule has 0 aromatic heterocycles. The molecule has 1 aliphatic heterocycles. The molecule has 0 saturated heterocycles. The molecule has 166 valence electrons. The molecule has 2 aromatic rings. The Kier molecular flexibility index (Phi) is 5.95. The lowest BCUT2D eigenvalue weighted by Crippen LogP contribution is -2.46. The third kappa shape index (κ3) is 4.62. The van der Waals surface area contributed by atoms with Crippen molar-refractivity contribution in [3.05, 3.63) is 70.8 Å². The lowest BCUT2D eigenvalue weighted by Gasteiger charge is -2.39. The first-order chi connectivity index (χ1) is 14.3. The molecule has 2 aromatic carbocycles. The van der Waals surface area contributed by atoms with Gasteiger partial charge in [-0.1, -0.05) is 24.3 Å². The minimum absolute atomic E-state index is 0.152. The molecule has 1 unspecified atom stereocenters. The van der Waals surface area contributed by atoms with E-state index in [0.29, 0.717) is 23.1 Å². The predicted molar refractivity (Wildman–Crippen MR) is 106 cm³/mol. The topological polar surface area (TPSA) is 20.3 Å². The number of benzene rings is 2. The Hall–Kier alpha value is -2.77. The van der Waals surface area contributed by atoms with Crippen LogP contribution in [0, 0.1) is 0 Å². The Labute approximate surface area is 176 Å². The minimum atomic E-state index is -4.52. The van der Waals surface area contributed by atoms with Gasteiger partial charge in [0.2, 0.25) is 0 Å². The molecular weight excluding hydrogens is 420 g/mol. The van der Waals surface area contributed by atoms with E-state index in [9.17, 15) is 31.1 Å². The summed E-state index contributed by atoms with van der Waals surface area (Å²) in [5, 5.41) is 0. The molecule has 1 heterocycles. The van der Waals surface area contributed by atoms with Crippen molar-refractivity contribution in [3.63, 3.8) is 0 Å². The van der Waals surface area contributed by atoms with Gasteiger partial charge in [-0.2, -0.15) is 26.3 Å². The van der Waals surface area contributed by atoms with Gasteiger partial charge < -0.3 is 4.90 Å². The molecule has 0 saturated carbocycles. The molecule has 0 spiro atoms. The summed E-state index contributed by atoms with van der Waals surface area (Å²) >= 11 is 0. The first-order valence-electron chi connectivity index (χ1n) is 9.71. The van der Waals surface area contributed by atoms with E-state index in [0.717, 1.165) is 24.3 Å². The maximum Gasteiger partial charge on any atom is 0.416 e. The van der Waals surface area contributed by atoms with Crippen molar-refractivity contribution < 1.29 is 31.1 Å². The van der Waals surface area contributed by atoms with E-state index in [1.165, 1.54) is 24.3 Å². The van der Waals surface area contributed by atoms with Crippen molar-refractivity contribution in [3.8, 4) is 0 Å². The quantitative estimate of drug-likeness (QED) is 0.488. The smallest absolute Gasteiger partial charge is 0.333 e. The van der Waals surface area contributed by atoms with Crippen LogP contribution in [0.2, 0.25) is 0 Å². The number of carbonyl (C=O) groups is 1. The number of carbonyl (C=O) groups excluding carboxylic acids is 1. The molecule has 1 aliphatic rings. The molecule has 1 atom stereocenters. The number of alkyl halides is 6. The second-order valence-electron chi connectivity index (χ2n) is 7.86. The molecule has 0 bridgehead atoms. The van der Waals surface area contributed by atoms with E-state index in [1.807, 2.05) is 20.8 Å². The van der Waals surface area contributed by atoms with Crippen molar-refractivity contribution in [2.75, 3.05) is 0 Å². The van der Waals surface area contributed by atoms with Crippen molar-refractivity contribution >= 4 is 17.1 Å². The summed E-state index contributed by atoms with van der Waals surface area (Å²) in [4.78, 5) is 15.0. The second-order valence-corrected chi connectivity index (χ2v) is 7.86. The van der Waals surface area contributed by atoms with Gasteiger partial charge in [-0.25, -0.2) is 0 Å². The fourth-order valence-electron chi connectivity index (χ4n) is 3.94. The molecule has 31 heavy (non-hydrogen) atoms. The van der Waals surface area contributed by atoms with Crippen LogP contribution in [0.3, 0.4) is 0 Å². The van der Waals surface area contributed by atoms with Crippen LogP contribution in [0.4, 0.5) is 26.3 Å². The average molecular weight is 441 g/mol. The normalized spacial score (nSPS) is 18.2. The van der Waals surface area contributed by atoms with Crippen LogP contribution in [0.1, 0.15) is 49.4 Å². The number of hydrogen-bond donors (Lipinski definition) is 0. The van der Waals surface area contributed by atoms with Crippen molar-refractivity contribution in [2.45, 2.75) is 51.6 Å². The van der Waals surface area contributed by atoms with E-state index < -0.39 is 23.5 Å². The van der Waals surface area contributed by atoms with E-state index in [1.54, 1.807) is 4.90 Å². The highest BCUT2D eigenvalue weighted by atomic mass is 19.4. The zero-order chi connectivity index (χ0) is 23.1. The van der Waals surface area contributed by atoms with Crippen molar-refractivity contribution in [1.82, 2.24) is 4.90 Å². The number of amides is 1. The van der Waals surface area contributed by atoms with Crippen LogP contribution in [-0.2, 0) is 17.1 Å². The minimum Gasteiger partial charge on any atom is -0.333 e. The summed E-state index contributed by atoms with van der Waals surface area (Å²) in [7, 11) is 0. The summed E-state index contributed by atoms with van der Waals surface area (Å²) in [6.45, 7) is 5.51. The number of nitrogens with zero attached hydrogens (tertiary/aromatic N) is 1. The Morgan fingerprint density at radius 3 is 1.61 bits per heavy atom. The highest BCUT2D eigenvalue weighted by molar-refractivity contribution is 6.28. The van der Waals surface area contributed by atoms with Gasteiger partial charge in [0.05, 0.1) is 16.7 Å². The number of rotatable bonds is 3. The van der Waals surface area contributed by atoms with Crippen LogP contribution in [0.15, 0.2) is 48.5 Å². The Morgan fingerprint density at radius 1 is 0.806 bits per heavy atom. The first kappa shape index (κ1) is 22.9. The molecule has 3 rings (SSSR count). The average Bonchev–Trinajstić information content (AvgIpc) is 2.66. The van der Waals surface area contributed by atoms with E-state index in [4.69, 9.17) is 0 Å². The predicted octanol–water partition coefficient (Wildman–Crippen LogP) is 6.66. The van der Waals surface area contributed by atoms with Crippen LogP contribution in [-0.4, -0.2) is 22.9 Å². The van der Waals surface area contributed by atoms with Crippen LogP contribution >= 0.6 is 0 Å². The highest BCUT2D eigenvalue weighted by Gasteiger charge is 2.36. The standard InChI is InChI=1S/C23H21F6NO/c1-13(2)30-14(3)12-19(15-4-8-17(9-5-15)22(24,25)26)20(21(30)31)16-6-10-18(11-7-16)23(27,28)29/h4-11,13-14H,12H2,1-3H3. The molecule has 0 fully saturated rings. The molecule has 2 nitrogen and oxygen atoms in total. The Balaban J connectivity index is 2.16. The molecule has 0 radical (unpaired) electrons. The fourth-order valence-corrected chi connectivity index (χ4v) is 3.94. The Bertz CT molecular complexity index is 985. The van der Waals surface area contributed by atoms with E-state index in [2.05, 4.69) is 0 Å². The summed E-state index contributed by atoms with van der Waals surface area (Å²) in [5.74, 6) is -0.358. The number of hydrogen-bond acceptors (Lipinski definition) is 1. The third-order valence-corrected chi connectivity index (χ3v) is 5.34. The van der Waals surface area contributed by atoms with Gasteiger partial charge in [-0.15, -0.1) is 0 Å². The summed E-state index contributed by atoms with van der Waals surface area (Å²) in [5.41, 5.74) is -0.197. The lowest BCUT2D eigenvalue weighted by atomic mass is 9.84. The van der Waals surface area contributed by atoms with Crippen LogP contribution < -0.4 is 0 Å². The zero-order valence-electron chi connectivity index (χ0n) is 17.1. The van der Waals surface area contributed by atoms with Crippen LogP contribution in [0.25, 0.3) is 11.1 Å². The lowest BCUT2D eigenvalue weighted by molar-refractivity contribution is -0.138. The maximum absolute atomic E-state index is 13.3. The van der Waals surface area contributed by atoms with Crippen molar-refractivity contribution in [2.24, 2.45) is 0 Å². The van der Waals surface area contributed by atoms with Gasteiger partial charge in [0.1, 0.15) is 0 Å². The van der Waals surface area contributed by atoms with Crippen molar-refractivity contribution in [1.29, 1.82) is 0 Å². The largest absolute Gasteiger partial charge is 0.416 e. The second kappa shape index (κ2) is 8.05. The third-order valence-electron chi connectivity index (χ3n) is 5.34. The van der Waals surface area contributed by atoms with Gasteiger partial charge >= 0.3 is 12.4 Å². The van der Waals surface area contributed by atoms with Gasteiger partial charge in [-0.3, -0.25) is 4.79 Å². The van der Waals surface area contributed by atoms with Gasteiger partial charge in [0, 0.05) is 12.1 Å². The fraction of sp³-hybridized carbons (Fsp3) is 0.348. The molecular formula is C23H21F6NO. The van der Waals surface area contributed by atoms with Gasteiger partial charge in [0.15, 0.2) is 0 Å². The molecule has 1 amide bonds. The summed E-state index contributed by atoms with van der Waals surface area (Å²) < 4.78 is 77.7. The molecule has 0 aliphatic carbocycles. The molecule has 0 N–H and O–H groups in total. The van der Waals surface area contributed by atoms with E-state index >= 15 is 0 Å². The highest BCUT2D eigenvalue weighted by Crippen LogP contribution is 2.40. The summed E-state index contributed by atoms with van der Waals surface area (Å²) in [6.07, 6.45) is -8.64. The zero-order valence-corrected chi connectivity index (χ0v) is 17.1. The van der Waals surface area contributed by atoms with Gasteiger partial charge in [-0.05, 0) is 68.2 Å². The SMILES string of the molecule is CC(C)N1C(=O)C(c2ccc(C(F)(F)F)cc2)=C(c2ccc(C(F)(F)F)cc2)CC1C. The first-order valence-corrected chi connectivity index (χ1v) is 9.71. The van der Waals surface area contributed by atoms with Crippen LogP contribution in [0.5, 0.6) is 0 Å². The van der Waals surface area contributed by atoms with Gasteiger partial charge in [0.25, 0.3) is 5.91 Å².